The number of rotatable bonds is 1. The Morgan fingerprint density at radius 1 is 1.47 bits per heavy atom. The molecule has 0 aliphatic heterocycles. The van der Waals surface area contributed by atoms with Crippen LogP contribution in [-0.4, -0.2) is 15.4 Å². The van der Waals surface area contributed by atoms with E-state index in [0.29, 0.717) is 6.42 Å². The Labute approximate surface area is 139 Å². The summed E-state index contributed by atoms with van der Waals surface area (Å²) in [5, 5.41) is 0. The summed E-state index contributed by atoms with van der Waals surface area (Å²) in [6, 6.07) is 0. The van der Waals surface area contributed by atoms with E-state index >= 15 is 0 Å². The van der Waals surface area contributed by atoms with Gasteiger partial charge in [0.1, 0.15) is 0 Å². The number of hydrogen-bond donors (Lipinski definition) is 0. The second kappa shape index (κ2) is 25.5. The van der Waals surface area contributed by atoms with Crippen molar-refractivity contribution in [3.63, 3.8) is 0 Å². The molecule has 6 heteroatoms. The molecule has 0 aromatic carbocycles. The quantitative estimate of drug-likeness (QED) is 0.308. The first-order valence-corrected chi connectivity index (χ1v) is 7.11. The number of halogens is 2. The van der Waals surface area contributed by atoms with Crippen LogP contribution in [0.5, 0.6) is 0 Å². The molecule has 0 bridgehead atoms. The molecule has 1 amide bonds. The summed E-state index contributed by atoms with van der Waals surface area (Å²) in [6.45, 7) is 8.16. The van der Waals surface area contributed by atoms with Crippen molar-refractivity contribution in [2.75, 3.05) is 0 Å². The summed E-state index contributed by atoms with van der Waals surface area (Å²) >= 11 is 0. The zero-order chi connectivity index (χ0) is 11.4. The Morgan fingerprint density at radius 3 is 1.88 bits per heavy atom. The summed E-state index contributed by atoms with van der Waals surface area (Å²) in [4.78, 5) is 9.48. The van der Waals surface area contributed by atoms with Crippen LogP contribution in [0.2, 0.25) is 13.1 Å². The van der Waals surface area contributed by atoms with Crippen LogP contribution in [-0.2, 0) is 30.6 Å². The van der Waals surface area contributed by atoms with Gasteiger partial charge in [0.2, 0.25) is 0 Å². The van der Waals surface area contributed by atoms with Crippen molar-refractivity contribution in [3.8, 4) is 0 Å². The van der Waals surface area contributed by atoms with Crippen LogP contribution >= 0.6 is 0 Å². The zero-order valence-corrected chi connectivity index (χ0v) is 17.1. The van der Waals surface area contributed by atoms with Crippen LogP contribution in [0.25, 0.3) is 5.73 Å². The fourth-order valence-electron chi connectivity index (χ4n) is 0.499. The third-order valence-corrected chi connectivity index (χ3v) is 1.19. The van der Waals surface area contributed by atoms with Crippen molar-refractivity contribution in [1.82, 2.24) is 0 Å². The van der Waals surface area contributed by atoms with E-state index < -0.39 is 5.91 Å². The summed E-state index contributed by atoms with van der Waals surface area (Å²) in [6.07, 6.45) is 8.57. The monoisotopic (exact) mass is 460 g/mol. The molecule has 1 aliphatic rings. The minimum absolute atomic E-state index is 0. The zero-order valence-electron chi connectivity index (χ0n) is 10.8. The molecule has 0 fully saturated rings. The van der Waals surface area contributed by atoms with Gasteiger partial charge >= 0.3 is 25.8 Å². The number of carbonyl (C=O) groups is 1. The van der Waals surface area contributed by atoms with Gasteiger partial charge in [0.25, 0.3) is 0 Å². The van der Waals surface area contributed by atoms with Crippen molar-refractivity contribution in [2.45, 2.75) is 39.8 Å². The van der Waals surface area contributed by atoms with E-state index in [2.05, 4.69) is 32.2 Å². The third kappa shape index (κ3) is 38.4. The van der Waals surface area contributed by atoms with E-state index in [9.17, 15) is 4.79 Å². The number of nitrogens with one attached hydrogen (secondary N) is 1. The number of hydrogen-bond acceptors (Lipinski definition) is 1. The normalized spacial score (nSPS) is 9.76. The SMILES string of the molecule is CC1=CC[C-]=C1.CCC([NH-])=O.C[SiH]C.[Cl-].[Cl-].[Hf+4]. The first-order valence-electron chi connectivity index (χ1n) is 4.80. The maximum absolute atomic E-state index is 9.48. The van der Waals surface area contributed by atoms with Crippen molar-refractivity contribution >= 4 is 15.4 Å². The largest absolute Gasteiger partial charge is 4.00 e. The summed E-state index contributed by atoms with van der Waals surface area (Å²) in [5.74, 6) is -0.495. The standard InChI is InChI=1S/C6H7.C3H7NO.C2H7Si.2ClH.Hf/c1-6-4-2-3-5-6;1-2-3(4)5;1-3-2;;;/h4-5H,2H2,1H3;2H2,1H3,(H2,4,5);3H,1-2H3;2*1H;/q-1;;;;;+4/p-3. The molecule has 1 radical (unpaired) electrons. The van der Waals surface area contributed by atoms with Gasteiger partial charge in [0.15, 0.2) is 0 Å². The van der Waals surface area contributed by atoms with Crippen LogP contribution in [0.15, 0.2) is 17.7 Å². The van der Waals surface area contributed by atoms with E-state index in [1.54, 1.807) is 6.92 Å². The van der Waals surface area contributed by atoms with Crippen molar-refractivity contribution in [3.05, 3.63) is 29.5 Å². The Balaban J connectivity index is -0.0000000409. The van der Waals surface area contributed by atoms with Gasteiger partial charge in [0, 0.05) is 15.4 Å². The Morgan fingerprint density at radius 2 is 1.82 bits per heavy atom. The molecule has 0 aromatic heterocycles. The van der Waals surface area contributed by atoms with Gasteiger partial charge in [-0.1, -0.05) is 20.0 Å². The van der Waals surface area contributed by atoms with E-state index in [1.165, 1.54) is 5.57 Å². The number of carbonyl (C=O) groups excluding carboxylic acids is 1. The van der Waals surface area contributed by atoms with Gasteiger partial charge in [-0.3, -0.25) is 6.08 Å². The smallest absolute Gasteiger partial charge is 1.00 e. The van der Waals surface area contributed by atoms with Gasteiger partial charge < -0.3 is 35.3 Å². The van der Waals surface area contributed by atoms with Crippen molar-refractivity contribution in [1.29, 1.82) is 0 Å². The second-order valence-corrected chi connectivity index (χ2v) is 4.01. The van der Waals surface area contributed by atoms with Gasteiger partial charge in [-0.05, 0) is 6.42 Å². The molecule has 0 saturated carbocycles. The number of amides is 1. The average Bonchev–Trinajstić information content (AvgIpc) is 2.58. The summed E-state index contributed by atoms with van der Waals surface area (Å²) < 4.78 is 0. The van der Waals surface area contributed by atoms with Gasteiger partial charge in [-0.25, -0.2) is 11.6 Å². The van der Waals surface area contributed by atoms with Gasteiger partial charge in [-0.2, -0.15) is 6.08 Å². The molecular formula is C11H20Cl2HfNOSi. The minimum atomic E-state index is -0.495. The molecule has 0 atom stereocenters. The van der Waals surface area contributed by atoms with E-state index in [0.717, 1.165) is 15.9 Å². The predicted octanol–water partition coefficient (Wildman–Crippen LogP) is -2.80. The molecule has 0 aromatic rings. The van der Waals surface area contributed by atoms with Crippen molar-refractivity contribution in [2.24, 2.45) is 0 Å². The molecule has 0 saturated heterocycles. The molecule has 2 nitrogen and oxygen atoms in total. The van der Waals surface area contributed by atoms with Crippen LogP contribution < -0.4 is 24.8 Å². The first kappa shape index (κ1) is 30.6. The molecule has 17 heavy (non-hydrogen) atoms. The molecule has 97 valence electrons. The molecule has 1 rings (SSSR count). The topological polar surface area (TPSA) is 40.9 Å². The summed E-state index contributed by atoms with van der Waals surface area (Å²) in [5.41, 5.74) is 7.53. The molecule has 1 N–H and O–H groups in total. The Hall–Kier alpha value is 0.617. The van der Waals surface area contributed by atoms with Crippen LogP contribution in [0, 0.1) is 6.08 Å². The van der Waals surface area contributed by atoms with Crippen LogP contribution in [0.1, 0.15) is 26.7 Å². The molecular weight excluding hydrogens is 440 g/mol. The average molecular weight is 460 g/mol. The fourth-order valence-corrected chi connectivity index (χ4v) is 0.499. The van der Waals surface area contributed by atoms with Crippen molar-refractivity contribution < 1.29 is 55.5 Å². The molecule has 0 unspecified atom stereocenters. The van der Waals surface area contributed by atoms with Gasteiger partial charge in [-0.15, -0.1) is 13.3 Å². The molecule has 0 heterocycles. The van der Waals surface area contributed by atoms with Crippen LogP contribution in [0.3, 0.4) is 0 Å². The first-order chi connectivity index (χ1) is 6.58. The second-order valence-electron chi connectivity index (χ2n) is 2.85. The fraction of sp³-hybridized carbons (Fsp3) is 0.545. The minimum Gasteiger partial charge on any atom is -1.00 e. The van der Waals surface area contributed by atoms with E-state index in [1.807, 2.05) is 6.08 Å². The maximum atomic E-state index is 9.48. The predicted molar refractivity (Wildman–Crippen MR) is 64.7 cm³/mol. The molecule has 0 spiro atoms. The number of allylic oxidation sites excluding steroid dienone is 4. The summed E-state index contributed by atoms with van der Waals surface area (Å²) in [7, 11) is 0.750. The third-order valence-electron chi connectivity index (χ3n) is 1.19. The molecule has 1 aliphatic carbocycles. The Bertz CT molecular complexity index is 209. The maximum Gasteiger partial charge on any atom is 4.00 e. The Kier molecular flexibility index (Phi) is 45.8. The van der Waals surface area contributed by atoms with Gasteiger partial charge in [0.05, 0.1) is 0 Å². The van der Waals surface area contributed by atoms with Crippen LogP contribution in [0.4, 0.5) is 0 Å². The van der Waals surface area contributed by atoms with E-state index in [-0.39, 0.29) is 50.7 Å². The van der Waals surface area contributed by atoms with E-state index in [4.69, 9.17) is 5.73 Å².